The zero-order valence-corrected chi connectivity index (χ0v) is 10.8. The van der Waals surface area contributed by atoms with Crippen molar-refractivity contribution in [3.63, 3.8) is 0 Å². The molecule has 1 aromatic rings. The molecule has 6 heteroatoms. The van der Waals surface area contributed by atoms with Crippen LogP contribution >= 0.6 is 0 Å². The summed E-state index contributed by atoms with van der Waals surface area (Å²) in [6.45, 7) is 0.217. The first-order valence-electron chi connectivity index (χ1n) is 5.43. The van der Waals surface area contributed by atoms with Crippen molar-refractivity contribution in [1.29, 1.82) is 0 Å². The summed E-state index contributed by atoms with van der Waals surface area (Å²) < 4.78 is 0. The minimum atomic E-state index is -0.582. The third kappa shape index (κ3) is 3.13. The van der Waals surface area contributed by atoms with Gasteiger partial charge >= 0.3 is 0 Å². The number of nitrogens with zero attached hydrogens (tertiary/aromatic N) is 2. The first-order chi connectivity index (χ1) is 8.32. The molecule has 1 rings (SSSR count). The normalized spacial score (nSPS) is 9.94. The number of carbonyl (C=O) groups excluding carboxylic acids is 2. The molecule has 2 amide bonds. The number of nitrogen functional groups attached to an aromatic ring is 1. The largest absolute Gasteiger partial charge is 0.398 e. The highest BCUT2D eigenvalue weighted by atomic mass is 16.2. The van der Waals surface area contributed by atoms with Gasteiger partial charge in [0.05, 0.1) is 12.1 Å². The van der Waals surface area contributed by atoms with E-state index in [4.69, 9.17) is 11.5 Å². The van der Waals surface area contributed by atoms with E-state index in [1.54, 1.807) is 44.2 Å². The Morgan fingerprint density at radius 1 is 1.22 bits per heavy atom. The van der Waals surface area contributed by atoms with Gasteiger partial charge in [0.1, 0.15) is 0 Å². The maximum Gasteiger partial charge on any atom is 0.250 e. The molecule has 0 aromatic heterocycles. The molecule has 0 unspecified atom stereocenters. The minimum Gasteiger partial charge on any atom is -0.398 e. The van der Waals surface area contributed by atoms with E-state index in [2.05, 4.69) is 0 Å². The number of anilines is 2. The highest BCUT2D eigenvalue weighted by molar-refractivity contribution is 5.99. The average Bonchev–Trinajstić information content (AvgIpc) is 2.28. The fourth-order valence-corrected chi connectivity index (χ4v) is 1.43. The van der Waals surface area contributed by atoms with Crippen LogP contribution in [0.3, 0.4) is 0 Å². The highest BCUT2D eigenvalue weighted by Gasteiger charge is 2.12. The summed E-state index contributed by atoms with van der Waals surface area (Å²) in [7, 11) is 5.14. The minimum absolute atomic E-state index is 0.0325. The van der Waals surface area contributed by atoms with E-state index in [0.29, 0.717) is 11.4 Å². The Morgan fingerprint density at radius 3 is 2.33 bits per heavy atom. The smallest absolute Gasteiger partial charge is 0.250 e. The van der Waals surface area contributed by atoms with Crippen molar-refractivity contribution in [2.24, 2.45) is 5.73 Å². The topological polar surface area (TPSA) is 92.7 Å². The molecule has 0 spiro atoms. The Morgan fingerprint density at radius 2 is 1.83 bits per heavy atom. The first-order valence-corrected chi connectivity index (χ1v) is 5.43. The summed E-state index contributed by atoms with van der Waals surface area (Å²) >= 11 is 0. The molecule has 0 radical (unpaired) electrons. The number of benzene rings is 1. The Hall–Kier alpha value is -2.24. The summed E-state index contributed by atoms with van der Waals surface area (Å²) in [5, 5.41) is 0. The fraction of sp³-hybridized carbons (Fsp3) is 0.333. The van der Waals surface area contributed by atoms with Gasteiger partial charge in [-0.15, -0.1) is 0 Å². The molecule has 0 saturated carbocycles. The predicted molar refractivity (Wildman–Crippen MR) is 71.3 cm³/mol. The van der Waals surface area contributed by atoms with Crippen LogP contribution in [0.5, 0.6) is 0 Å². The highest BCUT2D eigenvalue weighted by Crippen LogP contribution is 2.20. The van der Waals surface area contributed by atoms with E-state index in [9.17, 15) is 9.59 Å². The molecule has 0 aliphatic heterocycles. The van der Waals surface area contributed by atoms with Crippen LogP contribution in [0.15, 0.2) is 18.2 Å². The number of likely N-dealkylation sites (N-methyl/N-ethyl adjacent to an activating group) is 2. The second kappa shape index (κ2) is 5.39. The summed E-state index contributed by atoms with van der Waals surface area (Å²) in [6, 6.07) is 4.93. The number of hydrogen-bond donors (Lipinski definition) is 2. The molecule has 1 aromatic carbocycles. The summed E-state index contributed by atoms with van der Waals surface area (Å²) in [5.41, 5.74) is 12.2. The van der Waals surface area contributed by atoms with Crippen molar-refractivity contribution in [3.8, 4) is 0 Å². The fourth-order valence-electron chi connectivity index (χ4n) is 1.43. The molecule has 0 fully saturated rings. The number of amides is 2. The van der Waals surface area contributed by atoms with Gasteiger partial charge in [-0.25, -0.2) is 0 Å². The van der Waals surface area contributed by atoms with Crippen LogP contribution < -0.4 is 16.4 Å². The lowest BCUT2D eigenvalue weighted by molar-refractivity contribution is -0.127. The Labute approximate surface area is 106 Å². The summed E-state index contributed by atoms with van der Waals surface area (Å²) in [5.74, 6) is -0.614. The molecule has 0 saturated heterocycles. The quantitative estimate of drug-likeness (QED) is 0.729. The van der Waals surface area contributed by atoms with Crippen LogP contribution in [0.4, 0.5) is 11.4 Å². The number of hydrogen-bond acceptors (Lipinski definition) is 4. The zero-order chi connectivity index (χ0) is 13.9. The van der Waals surface area contributed by atoms with Gasteiger partial charge in [0.2, 0.25) is 5.91 Å². The van der Waals surface area contributed by atoms with Crippen LogP contribution in [0.2, 0.25) is 0 Å². The lowest BCUT2D eigenvalue weighted by Gasteiger charge is -2.21. The number of rotatable bonds is 4. The SMILES string of the molecule is CN(C)C(=O)CN(C)c1ccc(N)c(C(N)=O)c1. The summed E-state index contributed by atoms with van der Waals surface area (Å²) in [4.78, 5) is 26.0. The molecule has 0 aliphatic carbocycles. The second-order valence-corrected chi connectivity index (χ2v) is 4.28. The van der Waals surface area contributed by atoms with Gasteiger partial charge in [-0.2, -0.15) is 0 Å². The van der Waals surface area contributed by atoms with Crippen molar-refractivity contribution in [1.82, 2.24) is 4.90 Å². The Balaban J connectivity index is 2.93. The van der Waals surface area contributed by atoms with Gasteiger partial charge < -0.3 is 21.3 Å². The molecule has 0 bridgehead atoms. The van der Waals surface area contributed by atoms with Crippen molar-refractivity contribution in [3.05, 3.63) is 23.8 Å². The molecule has 18 heavy (non-hydrogen) atoms. The van der Waals surface area contributed by atoms with E-state index >= 15 is 0 Å². The van der Waals surface area contributed by atoms with Crippen molar-refractivity contribution in [2.45, 2.75) is 0 Å². The molecule has 0 aliphatic rings. The van der Waals surface area contributed by atoms with Gasteiger partial charge in [-0.05, 0) is 18.2 Å². The van der Waals surface area contributed by atoms with Crippen molar-refractivity contribution >= 4 is 23.2 Å². The molecular weight excluding hydrogens is 232 g/mol. The van der Waals surface area contributed by atoms with E-state index in [0.717, 1.165) is 0 Å². The van der Waals surface area contributed by atoms with Gasteiger partial charge in [-0.3, -0.25) is 9.59 Å². The maximum atomic E-state index is 11.6. The van der Waals surface area contributed by atoms with E-state index < -0.39 is 5.91 Å². The van der Waals surface area contributed by atoms with Crippen LogP contribution in [0.1, 0.15) is 10.4 Å². The maximum absolute atomic E-state index is 11.6. The van der Waals surface area contributed by atoms with Gasteiger partial charge in [-0.1, -0.05) is 0 Å². The lowest BCUT2D eigenvalue weighted by atomic mass is 10.1. The first kappa shape index (κ1) is 13.8. The number of carbonyl (C=O) groups is 2. The monoisotopic (exact) mass is 250 g/mol. The Bertz CT molecular complexity index is 471. The number of nitrogens with two attached hydrogens (primary N) is 2. The van der Waals surface area contributed by atoms with Crippen molar-refractivity contribution in [2.75, 3.05) is 38.3 Å². The van der Waals surface area contributed by atoms with Gasteiger partial charge in [0, 0.05) is 32.5 Å². The van der Waals surface area contributed by atoms with Crippen LogP contribution in [-0.2, 0) is 4.79 Å². The molecule has 0 heterocycles. The van der Waals surface area contributed by atoms with Crippen molar-refractivity contribution < 1.29 is 9.59 Å². The number of primary amides is 1. The second-order valence-electron chi connectivity index (χ2n) is 4.28. The lowest BCUT2D eigenvalue weighted by Crippen LogP contribution is -2.34. The van der Waals surface area contributed by atoms with Crippen LogP contribution in [-0.4, -0.2) is 44.4 Å². The van der Waals surface area contributed by atoms with Gasteiger partial charge in [0.25, 0.3) is 5.91 Å². The molecule has 0 atom stereocenters. The molecule has 4 N–H and O–H groups in total. The average molecular weight is 250 g/mol. The van der Waals surface area contributed by atoms with E-state index in [1.165, 1.54) is 4.90 Å². The van der Waals surface area contributed by atoms with E-state index in [-0.39, 0.29) is 18.0 Å². The standard InChI is InChI=1S/C12H18N4O2/c1-15(2)11(17)7-16(3)8-4-5-10(13)9(6-8)12(14)18/h4-6H,7,13H2,1-3H3,(H2,14,18). The Kier molecular flexibility index (Phi) is 4.14. The van der Waals surface area contributed by atoms with E-state index in [1.807, 2.05) is 0 Å². The third-order valence-corrected chi connectivity index (χ3v) is 2.61. The zero-order valence-electron chi connectivity index (χ0n) is 10.8. The predicted octanol–water partition coefficient (Wildman–Crippen LogP) is -0.108. The molecule has 98 valence electrons. The van der Waals surface area contributed by atoms with Gasteiger partial charge in [0.15, 0.2) is 0 Å². The third-order valence-electron chi connectivity index (χ3n) is 2.61. The molecule has 6 nitrogen and oxygen atoms in total. The summed E-state index contributed by atoms with van der Waals surface area (Å²) in [6.07, 6.45) is 0. The molecular formula is C12H18N4O2. The van der Waals surface area contributed by atoms with Crippen LogP contribution in [0, 0.1) is 0 Å². The van der Waals surface area contributed by atoms with Crippen LogP contribution in [0.25, 0.3) is 0 Å².